The number of hydrogen-bond acceptors (Lipinski definition) is 1. The van der Waals surface area contributed by atoms with E-state index in [1.54, 1.807) is 0 Å². The lowest BCUT2D eigenvalue weighted by Crippen LogP contribution is -2.37. The molecule has 13 heavy (non-hydrogen) atoms. The second-order valence-electron chi connectivity index (χ2n) is 3.81. The number of nitrogens with one attached hydrogen (secondary N) is 1. The molecule has 76 valence electrons. The van der Waals surface area contributed by atoms with Crippen LogP contribution in [0.25, 0.3) is 0 Å². The summed E-state index contributed by atoms with van der Waals surface area (Å²) in [6.45, 7) is 2.13. The molecule has 2 nitrogen and oxygen atoms in total. The van der Waals surface area contributed by atoms with Gasteiger partial charge in [-0.3, -0.25) is 4.79 Å². The summed E-state index contributed by atoms with van der Waals surface area (Å²) in [4.78, 5) is 10.3. The fourth-order valence-corrected chi connectivity index (χ4v) is 1.04. The number of amides is 1. The highest BCUT2D eigenvalue weighted by atomic mass is 19.4. The van der Waals surface area contributed by atoms with Crippen molar-refractivity contribution in [1.82, 2.24) is 5.32 Å². The first-order valence-electron chi connectivity index (χ1n) is 4.19. The van der Waals surface area contributed by atoms with Gasteiger partial charge < -0.3 is 5.32 Å². The molecule has 1 rings (SSSR count). The maximum absolute atomic E-state index is 11.7. The molecule has 1 aliphatic rings. The van der Waals surface area contributed by atoms with Crippen LogP contribution < -0.4 is 5.32 Å². The van der Waals surface area contributed by atoms with Crippen molar-refractivity contribution in [1.29, 1.82) is 0 Å². The van der Waals surface area contributed by atoms with Gasteiger partial charge in [-0.1, -0.05) is 6.92 Å². The number of carbonyl (C=O) groups excluding carboxylic acids is 1. The van der Waals surface area contributed by atoms with E-state index in [1.807, 2.05) is 12.2 Å². The SMILES string of the molecule is CC1(CCNC(=O)C(F)(F)F)CC1. The van der Waals surface area contributed by atoms with Crippen molar-refractivity contribution < 1.29 is 18.0 Å². The lowest BCUT2D eigenvalue weighted by Gasteiger charge is -2.10. The number of hydrogen-bond donors (Lipinski definition) is 1. The molecule has 5 heteroatoms. The Morgan fingerprint density at radius 2 is 2.00 bits per heavy atom. The smallest absolute Gasteiger partial charge is 0.348 e. The van der Waals surface area contributed by atoms with Crippen LogP contribution in [0.4, 0.5) is 13.2 Å². The van der Waals surface area contributed by atoms with Crippen LogP contribution in [0.1, 0.15) is 26.2 Å². The molecule has 0 radical (unpaired) electrons. The van der Waals surface area contributed by atoms with Crippen LogP contribution >= 0.6 is 0 Å². The summed E-state index contributed by atoms with van der Waals surface area (Å²) in [7, 11) is 0. The Bertz CT molecular complexity index is 208. The second-order valence-corrected chi connectivity index (χ2v) is 3.81. The molecule has 0 atom stereocenters. The van der Waals surface area contributed by atoms with Crippen molar-refractivity contribution in [2.45, 2.75) is 32.4 Å². The standard InChI is InChI=1S/C8H12F3NO/c1-7(2-3-7)4-5-12-6(13)8(9,10)11/h2-5H2,1H3,(H,12,13). The Morgan fingerprint density at radius 1 is 1.46 bits per heavy atom. The third kappa shape index (κ3) is 3.24. The van der Waals surface area contributed by atoms with E-state index in [9.17, 15) is 18.0 Å². The third-order valence-corrected chi connectivity index (χ3v) is 2.38. The number of rotatable bonds is 3. The quantitative estimate of drug-likeness (QED) is 0.731. The minimum atomic E-state index is -4.75. The van der Waals surface area contributed by atoms with Crippen molar-refractivity contribution in [2.75, 3.05) is 6.54 Å². The molecule has 1 N–H and O–H groups in total. The van der Waals surface area contributed by atoms with Gasteiger partial charge in [0, 0.05) is 6.54 Å². The summed E-state index contributed by atoms with van der Waals surface area (Å²) in [6.07, 6.45) is -2.01. The van der Waals surface area contributed by atoms with Crippen molar-refractivity contribution in [3.63, 3.8) is 0 Å². The number of halogens is 3. The molecule has 0 aromatic carbocycles. The zero-order chi connectivity index (χ0) is 10.1. The minimum absolute atomic E-state index is 0.120. The maximum atomic E-state index is 11.7. The highest BCUT2D eigenvalue weighted by Gasteiger charge is 2.40. The average Bonchev–Trinajstić information content (AvgIpc) is 2.66. The van der Waals surface area contributed by atoms with Crippen molar-refractivity contribution in [2.24, 2.45) is 5.41 Å². The van der Waals surface area contributed by atoms with Crippen LogP contribution in [0.5, 0.6) is 0 Å². The van der Waals surface area contributed by atoms with Crippen LogP contribution in [-0.4, -0.2) is 18.6 Å². The summed E-state index contributed by atoms with van der Waals surface area (Å²) in [5, 5.41) is 1.86. The summed E-state index contributed by atoms with van der Waals surface area (Å²) in [5.41, 5.74) is 0.179. The molecule has 0 bridgehead atoms. The molecule has 1 amide bonds. The Labute approximate surface area is 74.5 Å². The lowest BCUT2D eigenvalue weighted by molar-refractivity contribution is -0.173. The van der Waals surface area contributed by atoms with Crippen LogP contribution in [0.2, 0.25) is 0 Å². The van der Waals surface area contributed by atoms with Gasteiger partial charge in [-0.05, 0) is 24.7 Å². The van der Waals surface area contributed by atoms with E-state index in [-0.39, 0.29) is 12.0 Å². The highest BCUT2D eigenvalue weighted by Crippen LogP contribution is 2.47. The van der Waals surface area contributed by atoms with Crippen LogP contribution in [0.3, 0.4) is 0 Å². The normalized spacial score (nSPS) is 19.7. The molecule has 0 aromatic rings. The van der Waals surface area contributed by atoms with Crippen molar-refractivity contribution in [3.05, 3.63) is 0 Å². The van der Waals surface area contributed by atoms with Gasteiger partial charge in [0.05, 0.1) is 0 Å². The zero-order valence-corrected chi connectivity index (χ0v) is 7.37. The molecule has 0 heterocycles. The summed E-state index contributed by atoms with van der Waals surface area (Å²) in [5.74, 6) is -1.84. The van der Waals surface area contributed by atoms with E-state index < -0.39 is 12.1 Å². The van der Waals surface area contributed by atoms with Gasteiger partial charge in [0.1, 0.15) is 0 Å². The van der Waals surface area contributed by atoms with Gasteiger partial charge in [0.15, 0.2) is 0 Å². The van der Waals surface area contributed by atoms with Crippen LogP contribution in [-0.2, 0) is 4.79 Å². The highest BCUT2D eigenvalue weighted by molar-refractivity contribution is 5.81. The van der Waals surface area contributed by atoms with E-state index >= 15 is 0 Å². The van der Waals surface area contributed by atoms with Gasteiger partial charge in [-0.2, -0.15) is 13.2 Å². The third-order valence-electron chi connectivity index (χ3n) is 2.38. The predicted octanol–water partition coefficient (Wildman–Crippen LogP) is 1.86. The Kier molecular flexibility index (Phi) is 2.54. The van der Waals surface area contributed by atoms with Crippen LogP contribution in [0.15, 0.2) is 0 Å². The summed E-state index contributed by atoms with van der Waals surface area (Å²) in [6, 6.07) is 0. The van der Waals surface area contributed by atoms with Gasteiger partial charge in [0.2, 0.25) is 0 Å². The number of carbonyl (C=O) groups is 1. The fourth-order valence-electron chi connectivity index (χ4n) is 1.04. The van der Waals surface area contributed by atoms with E-state index in [0.29, 0.717) is 6.42 Å². The van der Waals surface area contributed by atoms with Gasteiger partial charge >= 0.3 is 12.1 Å². The van der Waals surface area contributed by atoms with E-state index in [1.165, 1.54) is 0 Å². The van der Waals surface area contributed by atoms with Crippen molar-refractivity contribution in [3.8, 4) is 0 Å². The van der Waals surface area contributed by atoms with Crippen molar-refractivity contribution >= 4 is 5.91 Å². The first kappa shape index (κ1) is 10.3. The lowest BCUT2D eigenvalue weighted by atomic mass is 10.1. The van der Waals surface area contributed by atoms with E-state index in [2.05, 4.69) is 0 Å². The molecule has 0 aliphatic heterocycles. The largest absolute Gasteiger partial charge is 0.471 e. The topological polar surface area (TPSA) is 29.1 Å². The van der Waals surface area contributed by atoms with E-state index in [0.717, 1.165) is 12.8 Å². The Balaban J connectivity index is 2.16. The molecule has 1 saturated carbocycles. The molecule has 0 saturated heterocycles. The molecule has 0 unspecified atom stereocenters. The summed E-state index contributed by atoms with van der Waals surface area (Å²) >= 11 is 0. The van der Waals surface area contributed by atoms with Crippen LogP contribution in [0, 0.1) is 5.41 Å². The second kappa shape index (κ2) is 3.20. The van der Waals surface area contributed by atoms with E-state index in [4.69, 9.17) is 0 Å². The van der Waals surface area contributed by atoms with Gasteiger partial charge in [0.25, 0.3) is 0 Å². The fraction of sp³-hybridized carbons (Fsp3) is 0.875. The molecule has 1 fully saturated rings. The summed E-state index contributed by atoms with van der Waals surface area (Å²) < 4.78 is 35.0. The maximum Gasteiger partial charge on any atom is 0.471 e. The van der Waals surface area contributed by atoms with Gasteiger partial charge in [-0.25, -0.2) is 0 Å². The Hall–Kier alpha value is -0.740. The first-order chi connectivity index (χ1) is 5.83. The molecular formula is C8H12F3NO. The molecule has 1 aliphatic carbocycles. The molecular weight excluding hydrogens is 183 g/mol. The molecule has 0 aromatic heterocycles. The average molecular weight is 195 g/mol. The minimum Gasteiger partial charge on any atom is -0.348 e. The predicted molar refractivity (Wildman–Crippen MR) is 41.0 cm³/mol. The first-order valence-corrected chi connectivity index (χ1v) is 4.19. The Morgan fingerprint density at radius 3 is 2.38 bits per heavy atom. The zero-order valence-electron chi connectivity index (χ0n) is 7.37. The monoisotopic (exact) mass is 195 g/mol. The van der Waals surface area contributed by atoms with Gasteiger partial charge in [-0.15, -0.1) is 0 Å². The molecule has 0 spiro atoms. The number of alkyl halides is 3.